The van der Waals surface area contributed by atoms with Crippen molar-refractivity contribution in [3.05, 3.63) is 0 Å². The van der Waals surface area contributed by atoms with Gasteiger partial charge in [0.05, 0.1) is 0 Å². The van der Waals surface area contributed by atoms with Crippen LogP contribution in [-0.2, 0) is 0 Å². The summed E-state index contributed by atoms with van der Waals surface area (Å²) < 4.78 is 0. The van der Waals surface area contributed by atoms with Crippen LogP contribution in [-0.4, -0.2) is 24.5 Å². The van der Waals surface area contributed by atoms with E-state index in [-0.39, 0.29) is 0 Å². The highest BCUT2D eigenvalue weighted by atomic mass is 15.1. The quantitative estimate of drug-likeness (QED) is 0.649. The van der Waals surface area contributed by atoms with E-state index in [1.807, 2.05) is 0 Å². The molecule has 1 aliphatic heterocycles. The molecule has 0 aromatic rings. The Kier molecular flexibility index (Phi) is 3.78. The van der Waals surface area contributed by atoms with Crippen LogP contribution in [0.4, 0.5) is 0 Å². The van der Waals surface area contributed by atoms with Crippen LogP contribution in [0.5, 0.6) is 0 Å². The minimum absolute atomic E-state index is 0.483. The first kappa shape index (κ1) is 11.0. The summed E-state index contributed by atoms with van der Waals surface area (Å²) in [6, 6.07) is 0. The van der Waals surface area contributed by atoms with Gasteiger partial charge in [-0.25, -0.2) is 0 Å². The Morgan fingerprint density at radius 1 is 1.15 bits per heavy atom. The SMILES string of the molecule is CC[C@H](CN1CCCC1)C(C)(C)C. The number of nitrogens with zero attached hydrogens (tertiary/aromatic N) is 1. The van der Waals surface area contributed by atoms with Crippen molar-refractivity contribution in [1.29, 1.82) is 0 Å². The molecule has 0 N–H and O–H groups in total. The molecule has 0 amide bonds. The smallest absolute Gasteiger partial charge is 0.00146 e. The lowest BCUT2D eigenvalue weighted by Gasteiger charge is -2.33. The van der Waals surface area contributed by atoms with Crippen LogP contribution in [0.1, 0.15) is 47.0 Å². The maximum Gasteiger partial charge on any atom is 0.00146 e. The normalized spacial score (nSPS) is 22.2. The molecule has 1 heteroatoms. The lowest BCUT2D eigenvalue weighted by molar-refractivity contribution is 0.162. The highest BCUT2D eigenvalue weighted by molar-refractivity contribution is 4.78. The molecule has 0 unspecified atom stereocenters. The van der Waals surface area contributed by atoms with Gasteiger partial charge < -0.3 is 4.90 Å². The summed E-state index contributed by atoms with van der Waals surface area (Å²) in [5.41, 5.74) is 0.483. The molecule has 1 aliphatic rings. The molecule has 0 radical (unpaired) electrons. The first-order valence-electron chi connectivity index (χ1n) is 5.76. The molecule has 1 nitrogen and oxygen atoms in total. The third kappa shape index (κ3) is 3.30. The Bertz CT molecular complexity index is 140. The summed E-state index contributed by atoms with van der Waals surface area (Å²) in [5.74, 6) is 0.866. The number of hydrogen-bond donors (Lipinski definition) is 0. The van der Waals surface area contributed by atoms with E-state index in [1.165, 1.54) is 38.9 Å². The van der Waals surface area contributed by atoms with Crippen LogP contribution in [0.3, 0.4) is 0 Å². The highest BCUT2D eigenvalue weighted by Crippen LogP contribution is 2.30. The predicted molar refractivity (Wildman–Crippen MR) is 58.9 cm³/mol. The maximum absolute atomic E-state index is 2.64. The second-order valence-electron chi connectivity index (χ2n) is 5.48. The standard InChI is InChI=1S/C12H25N/c1-5-11(12(2,3)4)10-13-8-6-7-9-13/h11H,5-10H2,1-4H3/t11-/m1/s1. The largest absolute Gasteiger partial charge is 0.303 e. The molecular formula is C12H25N. The van der Waals surface area contributed by atoms with Crippen LogP contribution in [0.15, 0.2) is 0 Å². The van der Waals surface area contributed by atoms with Crippen molar-refractivity contribution >= 4 is 0 Å². The predicted octanol–water partition coefficient (Wildman–Crippen LogP) is 3.15. The van der Waals surface area contributed by atoms with Gasteiger partial charge in [0.15, 0.2) is 0 Å². The van der Waals surface area contributed by atoms with E-state index in [0.717, 1.165) is 5.92 Å². The van der Waals surface area contributed by atoms with Gasteiger partial charge in [-0.15, -0.1) is 0 Å². The average molecular weight is 183 g/mol. The van der Waals surface area contributed by atoms with Crippen molar-refractivity contribution in [2.24, 2.45) is 11.3 Å². The second-order valence-corrected chi connectivity index (χ2v) is 5.48. The Balaban J connectivity index is 2.39. The Hall–Kier alpha value is -0.0400. The third-order valence-corrected chi connectivity index (χ3v) is 3.39. The van der Waals surface area contributed by atoms with Crippen molar-refractivity contribution in [3.63, 3.8) is 0 Å². The van der Waals surface area contributed by atoms with Gasteiger partial charge in [0.2, 0.25) is 0 Å². The zero-order valence-corrected chi connectivity index (χ0v) is 9.77. The number of hydrogen-bond acceptors (Lipinski definition) is 1. The van der Waals surface area contributed by atoms with Crippen molar-refractivity contribution in [2.45, 2.75) is 47.0 Å². The molecule has 0 saturated carbocycles. The Labute approximate surface area is 83.5 Å². The molecule has 1 fully saturated rings. The van der Waals surface area contributed by atoms with Crippen LogP contribution in [0.2, 0.25) is 0 Å². The third-order valence-electron chi connectivity index (χ3n) is 3.39. The van der Waals surface area contributed by atoms with Crippen molar-refractivity contribution < 1.29 is 0 Å². The summed E-state index contributed by atoms with van der Waals surface area (Å²) in [6.45, 7) is 13.4. The molecule has 0 bridgehead atoms. The average Bonchev–Trinajstić information content (AvgIpc) is 2.49. The topological polar surface area (TPSA) is 3.24 Å². The lowest BCUT2D eigenvalue weighted by Crippen LogP contribution is -2.33. The van der Waals surface area contributed by atoms with Crippen molar-refractivity contribution in [2.75, 3.05) is 19.6 Å². The molecule has 0 aromatic carbocycles. The van der Waals surface area contributed by atoms with E-state index in [2.05, 4.69) is 32.6 Å². The zero-order chi connectivity index (χ0) is 9.90. The molecule has 0 spiro atoms. The van der Waals surface area contributed by atoms with Crippen LogP contribution < -0.4 is 0 Å². The van der Waals surface area contributed by atoms with Gasteiger partial charge in [0, 0.05) is 6.54 Å². The van der Waals surface area contributed by atoms with E-state index in [0.29, 0.717) is 5.41 Å². The van der Waals surface area contributed by atoms with Gasteiger partial charge in [-0.1, -0.05) is 34.1 Å². The molecule has 0 aromatic heterocycles. The van der Waals surface area contributed by atoms with Crippen LogP contribution >= 0.6 is 0 Å². The monoisotopic (exact) mass is 183 g/mol. The summed E-state index contributed by atoms with van der Waals surface area (Å²) in [5, 5.41) is 0. The van der Waals surface area contributed by atoms with Gasteiger partial charge in [-0.2, -0.15) is 0 Å². The van der Waals surface area contributed by atoms with Gasteiger partial charge in [0.25, 0.3) is 0 Å². The maximum atomic E-state index is 2.64. The molecule has 0 aliphatic carbocycles. The molecule has 1 heterocycles. The summed E-state index contributed by atoms with van der Waals surface area (Å²) in [6.07, 6.45) is 4.15. The fourth-order valence-corrected chi connectivity index (χ4v) is 2.29. The minimum Gasteiger partial charge on any atom is -0.303 e. The first-order chi connectivity index (χ1) is 6.04. The molecule has 1 saturated heterocycles. The first-order valence-corrected chi connectivity index (χ1v) is 5.76. The summed E-state index contributed by atoms with van der Waals surface area (Å²) in [7, 11) is 0. The molecule has 13 heavy (non-hydrogen) atoms. The number of rotatable bonds is 3. The lowest BCUT2D eigenvalue weighted by atomic mass is 9.79. The van der Waals surface area contributed by atoms with E-state index >= 15 is 0 Å². The number of likely N-dealkylation sites (tertiary alicyclic amines) is 1. The second kappa shape index (κ2) is 4.45. The minimum atomic E-state index is 0.483. The van der Waals surface area contributed by atoms with Gasteiger partial charge in [-0.05, 0) is 37.3 Å². The molecule has 78 valence electrons. The van der Waals surface area contributed by atoms with Crippen LogP contribution in [0, 0.1) is 11.3 Å². The highest BCUT2D eigenvalue weighted by Gasteiger charge is 2.25. The summed E-state index contributed by atoms with van der Waals surface area (Å²) in [4.78, 5) is 2.64. The Morgan fingerprint density at radius 3 is 2.08 bits per heavy atom. The Morgan fingerprint density at radius 2 is 1.69 bits per heavy atom. The van der Waals surface area contributed by atoms with Crippen LogP contribution in [0.25, 0.3) is 0 Å². The van der Waals surface area contributed by atoms with Gasteiger partial charge >= 0.3 is 0 Å². The molecule has 1 atom stereocenters. The van der Waals surface area contributed by atoms with E-state index in [9.17, 15) is 0 Å². The molecular weight excluding hydrogens is 158 g/mol. The van der Waals surface area contributed by atoms with E-state index < -0.39 is 0 Å². The zero-order valence-electron chi connectivity index (χ0n) is 9.77. The van der Waals surface area contributed by atoms with Gasteiger partial charge in [-0.3, -0.25) is 0 Å². The van der Waals surface area contributed by atoms with Crippen molar-refractivity contribution in [3.8, 4) is 0 Å². The van der Waals surface area contributed by atoms with Crippen molar-refractivity contribution in [1.82, 2.24) is 4.90 Å². The van der Waals surface area contributed by atoms with E-state index in [4.69, 9.17) is 0 Å². The fourth-order valence-electron chi connectivity index (χ4n) is 2.29. The van der Waals surface area contributed by atoms with E-state index in [1.54, 1.807) is 0 Å². The summed E-state index contributed by atoms with van der Waals surface area (Å²) >= 11 is 0. The fraction of sp³-hybridized carbons (Fsp3) is 1.00. The van der Waals surface area contributed by atoms with Gasteiger partial charge in [0.1, 0.15) is 0 Å². The molecule has 1 rings (SSSR count).